The van der Waals surface area contributed by atoms with Crippen LogP contribution in [0.15, 0.2) is 81.5 Å². The molecule has 0 atom stereocenters. The molecule has 0 spiro atoms. The summed E-state index contributed by atoms with van der Waals surface area (Å²) in [6.45, 7) is 7.47. The predicted octanol–water partition coefficient (Wildman–Crippen LogP) is 3.84. The molecule has 0 radical (unpaired) electrons. The number of amides is 2. The highest BCUT2D eigenvalue weighted by Gasteiger charge is 2.16. The van der Waals surface area contributed by atoms with Crippen LogP contribution < -0.4 is 33.4 Å². The van der Waals surface area contributed by atoms with Crippen molar-refractivity contribution < 1.29 is 37.1 Å². The minimum Gasteiger partial charge on any atom is -0.383 e. The average Bonchev–Trinajstić information content (AvgIpc) is 3.10. The van der Waals surface area contributed by atoms with Gasteiger partial charge in [0.2, 0.25) is 17.1 Å². The predicted molar refractivity (Wildman–Crippen MR) is 200 cm³/mol. The van der Waals surface area contributed by atoms with Crippen LogP contribution in [-0.4, -0.2) is 57.7 Å². The Hall–Kier alpha value is -6.80. The van der Waals surface area contributed by atoms with E-state index in [4.69, 9.17) is 17.3 Å². The number of nitrogens with zero attached hydrogens (tertiary/aromatic N) is 4. The van der Waals surface area contributed by atoms with Crippen molar-refractivity contribution in [2.24, 2.45) is 0 Å². The molecule has 2 amide bonds. The van der Waals surface area contributed by atoms with Gasteiger partial charge in [0.05, 0.1) is 18.6 Å². The van der Waals surface area contributed by atoms with E-state index in [1.54, 1.807) is 24.3 Å². The second-order valence-corrected chi connectivity index (χ2v) is 11.5. The van der Waals surface area contributed by atoms with Crippen molar-refractivity contribution >= 4 is 68.9 Å². The van der Waals surface area contributed by atoms with Crippen LogP contribution in [0.4, 0.5) is 30.6 Å². The Kier molecular flexibility index (Phi) is 19.5. The van der Waals surface area contributed by atoms with Crippen LogP contribution in [0.25, 0.3) is 0 Å². The van der Waals surface area contributed by atoms with Gasteiger partial charge in [0, 0.05) is 31.9 Å². The van der Waals surface area contributed by atoms with E-state index in [0.29, 0.717) is 16.3 Å². The number of nitrogen functional groups attached to an aromatic ring is 1. The van der Waals surface area contributed by atoms with Gasteiger partial charge < -0.3 is 16.4 Å². The molecular formula is C34H32Cl2F3N9O8. The number of hydrogen-bond acceptors (Lipinski definition) is 12. The fourth-order valence-corrected chi connectivity index (χ4v) is 3.52. The van der Waals surface area contributed by atoms with E-state index in [9.17, 15) is 51.5 Å². The minimum absolute atomic E-state index is 0.233. The molecule has 0 saturated carbocycles. The minimum atomic E-state index is -0.967. The molecule has 0 unspecified atom stereocenters. The SMILES string of the molecule is CC(=O)Cl.CC(=O)Nc1[nH]c(=O)ncc1F.CC(=O)Nc1nc(=O)n(C(=O)c2ccc(C)cc2)cc1F.Cc1ccc(C(=O)Cl)cc1.Nc1[nH]c(=O)ncc1F. The third-order valence-electron chi connectivity index (χ3n) is 5.83. The third kappa shape index (κ3) is 17.8. The van der Waals surface area contributed by atoms with Crippen molar-refractivity contribution in [1.82, 2.24) is 29.5 Å². The highest BCUT2D eigenvalue weighted by molar-refractivity contribution is 6.67. The number of aromatic nitrogens is 6. The summed E-state index contributed by atoms with van der Waals surface area (Å²) in [5.74, 6) is -5.22. The van der Waals surface area contributed by atoms with Gasteiger partial charge >= 0.3 is 17.1 Å². The smallest absolute Gasteiger partial charge is 0.356 e. The van der Waals surface area contributed by atoms with E-state index in [-0.39, 0.29) is 22.4 Å². The lowest BCUT2D eigenvalue weighted by Gasteiger charge is -2.07. The van der Waals surface area contributed by atoms with Crippen LogP contribution in [0.2, 0.25) is 0 Å². The Morgan fingerprint density at radius 3 is 1.57 bits per heavy atom. The van der Waals surface area contributed by atoms with Gasteiger partial charge in [0.15, 0.2) is 29.1 Å². The molecule has 0 aliphatic heterocycles. The Labute approximate surface area is 324 Å². The maximum absolute atomic E-state index is 13.7. The number of anilines is 3. The van der Waals surface area contributed by atoms with E-state index in [0.717, 1.165) is 30.4 Å². The normalized spacial score (nSPS) is 9.54. The van der Waals surface area contributed by atoms with Gasteiger partial charge in [-0.2, -0.15) is 15.0 Å². The van der Waals surface area contributed by atoms with Crippen LogP contribution in [0, 0.1) is 31.3 Å². The first-order chi connectivity index (χ1) is 26.1. The molecule has 0 aliphatic rings. The zero-order chi connectivity index (χ0) is 42.7. The summed E-state index contributed by atoms with van der Waals surface area (Å²) in [5.41, 5.74) is 5.49. The fraction of sp³-hybridized carbons (Fsp3) is 0.147. The first kappa shape index (κ1) is 47.2. The molecule has 2 aromatic carbocycles. The van der Waals surface area contributed by atoms with Gasteiger partial charge in [-0.1, -0.05) is 35.4 Å². The van der Waals surface area contributed by atoms with Crippen LogP contribution in [-0.2, 0) is 14.4 Å². The Morgan fingerprint density at radius 1 is 0.696 bits per heavy atom. The van der Waals surface area contributed by atoms with Gasteiger partial charge in [0.1, 0.15) is 5.82 Å². The maximum atomic E-state index is 13.7. The van der Waals surface area contributed by atoms with Crippen LogP contribution in [0.3, 0.4) is 0 Å². The number of benzene rings is 2. The van der Waals surface area contributed by atoms with Crippen molar-refractivity contribution in [2.45, 2.75) is 34.6 Å². The maximum Gasteiger partial charge on any atom is 0.356 e. The van der Waals surface area contributed by atoms with Gasteiger partial charge in [-0.3, -0.25) is 33.9 Å². The third-order valence-corrected chi connectivity index (χ3v) is 6.05. The molecule has 5 rings (SSSR count). The van der Waals surface area contributed by atoms with Gasteiger partial charge in [-0.15, -0.1) is 0 Å². The summed E-state index contributed by atoms with van der Waals surface area (Å²) >= 11 is 9.85. The highest BCUT2D eigenvalue weighted by atomic mass is 35.5. The molecule has 56 heavy (non-hydrogen) atoms. The molecule has 17 nitrogen and oxygen atoms in total. The number of carbonyl (C=O) groups is 5. The summed E-state index contributed by atoms with van der Waals surface area (Å²) in [4.78, 5) is 99.3. The van der Waals surface area contributed by atoms with E-state index in [1.807, 2.05) is 35.9 Å². The largest absolute Gasteiger partial charge is 0.383 e. The molecule has 3 heterocycles. The number of carbonyl (C=O) groups excluding carboxylic acids is 5. The molecule has 3 aromatic heterocycles. The second kappa shape index (κ2) is 23.1. The average molecular weight is 823 g/mol. The lowest BCUT2D eigenvalue weighted by Crippen LogP contribution is -2.31. The van der Waals surface area contributed by atoms with Crippen molar-refractivity contribution in [2.75, 3.05) is 16.4 Å². The summed E-state index contributed by atoms with van der Waals surface area (Å²) < 4.78 is 39.1. The number of halogens is 5. The van der Waals surface area contributed by atoms with Crippen LogP contribution in [0.1, 0.15) is 52.6 Å². The zero-order valence-electron chi connectivity index (χ0n) is 29.9. The van der Waals surface area contributed by atoms with Crippen LogP contribution in [0.5, 0.6) is 0 Å². The van der Waals surface area contributed by atoms with Crippen molar-refractivity contribution in [3.63, 3.8) is 0 Å². The second-order valence-electron chi connectivity index (χ2n) is 10.6. The Morgan fingerprint density at radius 2 is 1.14 bits per heavy atom. The van der Waals surface area contributed by atoms with Gasteiger partial charge in [-0.05, 0) is 61.3 Å². The molecule has 0 saturated heterocycles. The topological polar surface area (TPSA) is 262 Å². The number of H-pyrrole nitrogens is 2. The van der Waals surface area contributed by atoms with E-state index < -0.39 is 63.3 Å². The summed E-state index contributed by atoms with van der Waals surface area (Å²) in [6.07, 6.45) is 2.22. The molecule has 22 heteroatoms. The summed E-state index contributed by atoms with van der Waals surface area (Å²) in [5, 5.41) is 3.42. The Balaban J connectivity index is 0.000000383. The van der Waals surface area contributed by atoms with Crippen molar-refractivity contribution in [3.05, 3.63) is 138 Å². The number of nitrogens with two attached hydrogens (primary N) is 1. The van der Waals surface area contributed by atoms with Crippen LogP contribution >= 0.6 is 23.2 Å². The standard InChI is InChI=1S/C14H12FN3O3.C8H7ClO.C6H6FN3O2.C4H4FN3O.C2H3ClO/c1-8-3-5-10(6-4-8)13(20)18-7-11(15)12(16-9(2)19)17-14(18)21;1-6-2-4-7(5-3-6)8(9)10;1-3(11)9-5-4(7)2-8-6(12)10-5;5-2-1-7-4(9)8-3(2)6;1-2(3)4/h3-7H,1-2H3,(H,16,17,19,21);2-5H,1H3;2H,1H3,(H2,8,9,10,11,12);1H,(H3,6,7,8,9);1H3. The zero-order valence-corrected chi connectivity index (χ0v) is 31.4. The molecule has 0 bridgehead atoms. The number of hydrogen-bond donors (Lipinski definition) is 5. The molecule has 6 N–H and O–H groups in total. The fourth-order valence-electron chi connectivity index (χ4n) is 3.39. The molecule has 0 fully saturated rings. The molecule has 5 aromatic rings. The quantitative estimate of drug-likeness (QED) is 0.162. The van der Waals surface area contributed by atoms with Crippen molar-refractivity contribution in [1.29, 1.82) is 0 Å². The Bertz CT molecular complexity index is 2350. The van der Waals surface area contributed by atoms with Gasteiger partial charge in [0.25, 0.3) is 11.1 Å². The van der Waals surface area contributed by atoms with E-state index in [2.05, 4.69) is 37.2 Å². The number of aryl methyl sites for hydroxylation is 2. The van der Waals surface area contributed by atoms with E-state index in [1.165, 1.54) is 26.0 Å². The first-order valence-electron chi connectivity index (χ1n) is 15.2. The molecular weight excluding hydrogens is 790 g/mol. The summed E-state index contributed by atoms with van der Waals surface area (Å²) in [6, 6.07) is 13.6. The monoisotopic (exact) mass is 821 g/mol. The molecule has 296 valence electrons. The lowest BCUT2D eigenvalue weighted by atomic mass is 10.1. The number of rotatable bonds is 4. The van der Waals surface area contributed by atoms with Crippen molar-refractivity contribution in [3.8, 4) is 0 Å². The molecule has 0 aliphatic carbocycles. The highest BCUT2D eigenvalue weighted by Crippen LogP contribution is 2.10. The first-order valence-corrected chi connectivity index (χ1v) is 16.0. The number of nitrogens with one attached hydrogen (secondary N) is 4. The lowest BCUT2D eigenvalue weighted by molar-refractivity contribution is -0.115. The van der Waals surface area contributed by atoms with Gasteiger partial charge in [-0.25, -0.2) is 32.1 Å². The summed E-state index contributed by atoms with van der Waals surface area (Å²) in [7, 11) is 0. The number of aromatic amines is 2. The van der Waals surface area contributed by atoms with E-state index >= 15 is 0 Å².